The normalized spacial score (nSPS) is 12.6. The van der Waals surface area contributed by atoms with Crippen LogP contribution in [0.2, 0.25) is 0 Å². The molecule has 3 nitrogen and oxygen atoms in total. The van der Waals surface area contributed by atoms with Crippen molar-refractivity contribution in [3.63, 3.8) is 0 Å². The number of aromatic nitrogens is 2. The summed E-state index contributed by atoms with van der Waals surface area (Å²) in [6.07, 6.45) is 6.73. The molecule has 3 heteroatoms. The molecule has 17 heavy (non-hydrogen) atoms. The van der Waals surface area contributed by atoms with Crippen molar-refractivity contribution in [2.75, 3.05) is 6.54 Å². The number of hydrogen-bond acceptors (Lipinski definition) is 3. The summed E-state index contributed by atoms with van der Waals surface area (Å²) in [4.78, 5) is 12.8. The van der Waals surface area contributed by atoms with Crippen LogP contribution in [0, 0.1) is 0 Å². The van der Waals surface area contributed by atoms with Crippen molar-refractivity contribution in [2.45, 2.75) is 27.2 Å². The van der Waals surface area contributed by atoms with Crippen LogP contribution in [0.5, 0.6) is 0 Å². The van der Waals surface area contributed by atoms with Gasteiger partial charge in [0, 0.05) is 17.5 Å². The summed E-state index contributed by atoms with van der Waals surface area (Å²) in [6, 6.07) is 1.94. The first-order chi connectivity index (χ1) is 8.22. The molecule has 0 saturated heterocycles. The Labute approximate surface area is 103 Å². The van der Waals surface area contributed by atoms with Gasteiger partial charge < -0.3 is 0 Å². The molecule has 0 bridgehead atoms. The highest BCUT2D eigenvalue weighted by Gasteiger charge is 2.06. The summed E-state index contributed by atoms with van der Waals surface area (Å²) in [6.45, 7) is 10.2. The fourth-order valence-electron chi connectivity index (χ4n) is 1.55. The molecule has 0 aliphatic rings. The van der Waals surface area contributed by atoms with Crippen LogP contribution < -0.4 is 0 Å². The molecule has 90 valence electrons. The van der Waals surface area contributed by atoms with Gasteiger partial charge in [0.25, 0.3) is 0 Å². The monoisotopic (exact) mass is 229 g/mol. The van der Waals surface area contributed by atoms with Crippen molar-refractivity contribution in [3.05, 3.63) is 41.5 Å². The first-order valence-corrected chi connectivity index (χ1v) is 5.80. The number of hydrogen-bond donors (Lipinski definition) is 0. The minimum atomic E-state index is 0.611. The van der Waals surface area contributed by atoms with Gasteiger partial charge in [-0.25, -0.2) is 9.97 Å². The minimum Gasteiger partial charge on any atom is -0.297 e. The number of aliphatic imine (C=N–C) groups is 1. The highest BCUT2D eigenvalue weighted by molar-refractivity contribution is 5.72. The van der Waals surface area contributed by atoms with E-state index in [0.29, 0.717) is 6.54 Å². The molecule has 0 saturated carbocycles. The lowest BCUT2D eigenvalue weighted by Crippen LogP contribution is -1.99. The molecule has 0 radical (unpaired) electrons. The van der Waals surface area contributed by atoms with E-state index in [-0.39, 0.29) is 0 Å². The zero-order chi connectivity index (χ0) is 12.7. The topological polar surface area (TPSA) is 38.1 Å². The second-order valence-electron chi connectivity index (χ2n) is 3.80. The van der Waals surface area contributed by atoms with Gasteiger partial charge in [-0.15, -0.1) is 0 Å². The molecule has 1 heterocycles. The summed E-state index contributed by atoms with van der Waals surface area (Å²) in [5.41, 5.74) is 3.22. The van der Waals surface area contributed by atoms with Crippen LogP contribution >= 0.6 is 0 Å². The van der Waals surface area contributed by atoms with Crippen molar-refractivity contribution in [1.29, 1.82) is 0 Å². The van der Waals surface area contributed by atoms with Gasteiger partial charge >= 0.3 is 0 Å². The summed E-state index contributed by atoms with van der Waals surface area (Å²) in [5, 5.41) is 0. The Morgan fingerprint density at radius 2 is 2.29 bits per heavy atom. The molecule has 0 fully saturated rings. The Morgan fingerprint density at radius 1 is 1.53 bits per heavy atom. The lowest BCUT2D eigenvalue weighted by Gasteiger charge is -2.06. The summed E-state index contributed by atoms with van der Waals surface area (Å²) >= 11 is 0. The quantitative estimate of drug-likeness (QED) is 0.575. The van der Waals surface area contributed by atoms with Crippen LogP contribution in [0.25, 0.3) is 5.57 Å². The fourth-order valence-corrected chi connectivity index (χ4v) is 1.55. The van der Waals surface area contributed by atoms with Crippen molar-refractivity contribution < 1.29 is 0 Å². The van der Waals surface area contributed by atoms with E-state index in [1.165, 1.54) is 0 Å². The number of aryl methyl sites for hydroxylation is 1. The van der Waals surface area contributed by atoms with Crippen LogP contribution in [0.1, 0.15) is 32.3 Å². The zero-order valence-electron chi connectivity index (χ0n) is 10.8. The Hall–Kier alpha value is -1.77. The van der Waals surface area contributed by atoms with E-state index in [9.17, 15) is 0 Å². The van der Waals surface area contributed by atoms with Gasteiger partial charge in [0.05, 0.1) is 6.54 Å². The van der Waals surface area contributed by atoms with Gasteiger partial charge in [-0.2, -0.15) is 0 Å². The smallest absolute Gasteiger partial charge is 0.159 e. The maximum Gasteiger partial charge on any atom is 0.159 e. The van der Waals surface area contributed by atoms with E-state index in [0.717, 1.165) is 29.1 Å². The van der Waals surface area contributed by atoms with E-state index >= 15 is 0 Å². The van der Waals surface area contributed by atoms with Crippen molar-refractivity contribution in [3.8, 4) is 0 Å². The third-order valence-corrected chi connectivity index (χ3v) is 2.46. The van der Waals surface area contributed by atoms with Crippen molar-refractivity contribution >= 4 is 12.3 Å². The maximum atomic E-state index is 4.53. The summed E-state index contributed by atoms with van der Waals surface area (Å²) < 4.78 is 0. The minimum absolute atomic E-state index is 0.611. The third-order valence-electron chi connectivity index (χ3n) is 2.46. The molecule has 0 aliphatic carbocycles. The van der Waals surface area contributed by atoms with Gasteiger partial charge in [0.15, 0.2) is 5.82 Å². The molecule has 0 aliphatic heterocycles. The summed E-state index contributed by atoms with van der Waals surface area (Å²) in [7, 11) is 0. The summed E-state index contributed by atoms with van der Waals surface area (Å²) in [5.74, 6) is 0.767. The molecule has 0 atom stereocenters. The van der Waals surface area contributed by atoms with Crippen LogP contribution in [-0.4, -0.2) is 23.2 Å². The highest BCUT2D eigenvalue weighted by Crippen LogP contribution is 2.17. The van der Waals surface area contributed by atoms with Gasteiger partial charge in [0.2, 0.25) is 0 Å². The SMILES string of the molecule is C=NC/C(C)=C(/C=C\C)c1nccc(CC)n1. The number of allylic oxidation sites excluding steroid dienone is 3. The predicted molar refractivity (Wildman–Crippen MR) is 73.2 cm³/mol. The Kier molecular flexibility index (Phi) is 5.27. The molecule has 1 aromatic heterocycles. The van der Waals surface area contributed by atoms with E-state index < -0.39 is 0 Å². The second kappa shape index (κ2) is 6.74. The molecule has 1 aromatic rings. The van der Waals surface area contributed by atoms with E-state index in [4.69, 9.17) is 0 Å². The van der Waals surface area contributed by atoms with Crippen LogP contribution in [0.15, 0.2) is 35.0 Å². The van der Waals surface area contributed by atoms with Crippen molar-refractivity contribution in [1.82, 2.24) is 9.97 Å². The molecular formula is C14H19N3. The molecule has 0 spiro atoms. The predicted octanol–water partition coefficient (Wildman–Crippen LogP) is 3.09. The molecule has 0 N–H and O–H groups in total. The highest BCUT2D eigenvalue weighted by atomic mass is 14.9. The standard InChI is InChI=1S/C14H19N3/c1-5-7-13(11(3)10-15-4)14-16-9-8-12(6-2)17-14/h5,7-9H,4,6,10H2,1-3H3/b7-5-,13-11-. The zero-order valence-corrected chi connectivity index (χ0v) is 10.8. The Bertz CT molecular complexity index is 445. The van der Waals surface area contributed by atoms with Crippen LogP contribution in [-0.2, 0) is 6.42 Å². The number of nitrogens with zero attached hydrogens (tertiary/aromatic N) is 3. The Morgan fingerprint density at radius 3 is 2.88 bits per heavy atom. The van der Waals surface area contributed by atoms with Gasteiger partial charge in [-0.3, -0.25) is 4.99 Å². The molecular weight excluding hydrogens is 210 g/mol. The van der Waals surface area contributed by atoms with Crippen LogP contribution in [0.4, 0.5) is 0 Å². The molecule has 0 unspecified atom stereocenters. The second-order valence-corrected chi connectivity index (χ2v) is 3.80. The molecule has 0 aromatic carbocycles. The number of rotatable bonds is 5. The first kappa shape index (κ1) is 13.3. The lowest BCUT2D eigenvalue weighted by molar-refractivity contribution is 0.976. The molecule has 0 amide bonds. The van der Waals surface area contributed by atoms with E-state index in [1.54, 1.807) is 6.20 Å². The van der Waals surface area contributed by atoms with E-state index in [1.807, 2.05) is 32.1 Å². The first-order valence-electron chi connectivity index (χ1n) is 5.80. The van der Waals surface area contributed by atoms with Crippen molar-refractivity contribution in [2.24, 2.45) is 4.99 Å². The average Bonchev–Trinajstić information content (AvgIpc) is 2.36. The lowest BCUT2D eigenvalue weighted by atomic mass is 10.1. The maximum absolute atomic E-state index is 4.53. The van der Waals surface area contributed by atoms with Crippen LogP contribution in [0.3, 0.4) is 0 Å². The largest absolute Gasteiger partial charge is 0.297 e. The Balaban J connectivity index is 3.22. The molecule has 1 rings (SSSR count). The van der Waals surface area contributed by atoms with Gasteiger partial charge in [-0.1, -0.05) is 19.1 Å². The third kappa shape index (κ3) is 3.63. The fraction of sp³-hybridized carbons (Fsp3) is 0.357. The van der Waals surface area contributed by atoms with E-state index in [2.05, 4.69) is 28.6 Å². The van der Waals surface area contributed by atoms with Gasteiger partial charge in [0.1, 0.15) is 0 Å². The van der Waals surface area contributed by atoms with Gasteiger partial charge in [-0.05, 0) is 38.6 Å². The average molecular weight is 229 g/mol.